The van der Waals surface area contributed by atoms with E-state index in [1.807, 2.05) is 13.0 Å². The Kier molecular flexibility index (Phi) is 4.95. The molecule has 25 heavy (non-hydrogen) atoms. The monoisotopic (exact) mass is 379 g/mol. The van der Waals surface area contributed by atoms with Crippen molar-refractivity contribution in [2.75, 3.05) is 5.32 Å². The Morgan fingerprint density at radius 1 is 1.28 bits per heavy atom. The number of sulfonamides is 1. The Hall–Kier alpha value is -1.77. The van der Waals surface area contributed by atoms with Crippen molar-refractivity contribution in [1.82, 2.24) is 4.98 Å². The maximum atomic E-state index is 12.3. The molecule has 1 aliphatic carbocycles. The number of thiazole rings is 1. The molecule has 6 nitrogen and oxygen atoms in total. The normalized spacial score (nSPS) is 15.5. The largest absolute Gasteiger partial charge is 0.302 e. The molecule has 0 bridgehead atoms. The number of anilines is 1. The predicted octanol–water partition coefficient (Wildman–Crippen LogP) is 3.20. The molecular weight excluding hydrogens is 358 g/mol. The molecule has 1 saturated carbocycles. The second kappa shape index (κ2) is 6.86. The lowest BCUT2D eigenvalue weighted by Crippen LogP contribution is -2.20. The van der Waals surface area contributed by atoms with Crippen molar-refractivity contribution >= 4 is 32.4 Å². The quantitative estimate of drug-likeness (QED) is 0.851. The zero-order valence-electron chi connectivity index (χ0n) is 14.2. The van der Waals surface area contributed by atoms with Gasteiger partial charge in [0.05, 0.1) is 15.5 Å². The third kappa shape index (κ3) is 3.91. The number of nitrogens with one attached hydrogen (secondary N) is 1. The number of benzene rings is 1. The van der Waals surface area contributed by atoms with E-state index in [2.05, 4.69) is 10.3 Å². The van der Waals surface area contributed by atoms with E-state index in [4.69, 9.17) is 5.14 Å². The van der Waals surface area contributed by atoms with E-state index in [1.165, 1.54) is 11.3 Å². The van der Waals surface area contributed by atoms with Crippen LogP contribution in [0.15, 0.2) is 23.1 Å². The molecule has 0 spiro atoms. The highest BCUT2D eigenvalue weighted by molar-refractivity contribution is 7.89. The van der Waals surface area contributed by atoms with E-state index >= 15 is 0 Å². The average molecular weight is 380 g/mol. The Labute approximate surface area is 151 Å². The Morgan fingerprint density at radius 3 is 2.60 bits per heavy atom. The summed E-state index contributed by atoms with van der Waals surface area (Å²) in [4.78, 5) is 17.6. The number of rotatable bonds is 4. The molecule has 0 unspecified atom stereocenters. The maximum Gasteiger partial charge on any atom is 0.238 e. The number of primary sulfonamides is 1. The fraction of sp³-hybridized carbons (Fsp3) is 0.412. The zero-order valence-corrected chi connectivity index (χ0v) is 15.8. The van der Waals surface area contributed by atoms with Gasteiger partial charge in [0.25, 0.3) is 0 Å². The van der Waals surface area contributed by atoms with Crippen molar-refractivity contribution in [3.8, 4) is 10.4 Å². The number of carbonyl (C=O) groups excluding carboxylic acids is 1. The first kappa shape index (κ1) is 18.0. The van der Waals surface area contributed by atoms with E-state index < -0.39 is 10.0 Å². The van der Waals surface area contributed by atoms with Gasteiger partial charge in [-0.25, -0.2) is 18.5 Å². The fourth-order valence-corrected chi connectivity index (χ4v) is 4.93. The summed E-state index contributed by atoms with van der Waals surface area (Å²) in [6.45, 7) is 3.55. The van der Waals surface area contributed by atoms with Crippen molar-refractivity contribution in [1.29, 1.82) is 0 Å². The molecule has 134 valence electrons. The van der Waals surface area contributed by atoms with Crippen molar-refractivity contribution < 1.29 is 13.2 Å². The summed E-state index contributed by atoms with van der Waals surface area (Å²) in [6, 6.07) is 5.13. The van der Waals surface area contributed by atoms with Crippen LogP contribution in [0.3, 0.4) is 0 Å². The van der Waals surface area contributed by atoms with Gasteiger partial charge in [0.2, 0.25) is 15.9 Å². The van der Waals surface area contributed by atoms with Gasteiger partial charge in [-0.3, -0.25) is 4.79 Å². The minimum Gasteiger partial charge on any atom is -0.302 e. The first-order chi connectivity index (χ1) is 11.8. The summed E-state index contributed by atoms with van der Waals surface area (Å²) in [5.74, 6) is 0.0907. The van der Waals surface area contributed by atoms with Crippen LogP contribution in [0.4, 0.5) is 5.13 Å². The minimum absolute atomic E-state index is 0.0203. The number of nitrogens with zero attached hydrogens (tertiary/aromatic N) is 1. The lowest BCUT2D eigenvalue weighted by molar-refractivity contribution is -0.119. The van der Waals surface area contributed by atoms with Gasteiger partial charge < -0.3 is 5.32 Å². The third-order valence-electron chi connectivity index (χ3n) is 4.51. The number of nitrogens with two attached hydrogens (primary N) is 1. The summed E-state index contributed by atoms with van der Waals surface area (Å²) in [5, 5.41) is 8.73. The topological polar surface area (TPSA) is 102 Å². The maximum absolute atomic E-state index is 12.3. The Bertz CT molecular complexity index is 913. The van der Waals surface area contributed by atoms with Crippen molar-refractivity contribution in [3.05, 3.63) is 29.5 Å². The molecule has 2 aromatic rings. The van der Waals surface area contributed by atoms with Crippen LogP contribution >= 0.6 is 11.3 Å². The molecule has 3 rings (SSSR count). The van der Waals surface area contributed by atoms with Gasteiger partial charge in [0, 0.05) is 5.92 Å². The SMILES string of the molecule is Cc1ccc(-c2sc(NC(=O)C3CCCC3)nc2C)cc1S(N)(=O)=O. The molecule has 3 N–H and O–H groups in total. The van der Waals surface area contributed by atoms with Gasteiger partial charge in [-0.2, -0.15) is 0 Å². The van der Waals surface area contributed by atoms with Crippen LogP contribution in [0.2, 0.25) is 0 Å². The molecule has 1 aromatic heterocycles. The second-order valence-corrected chi connectivity index (χ2v) is 8.96. The van der Waals surface area contributed by atoms with Gasteiger partial charge in [-0.05, 0) is 43.9 Å². The van der Waals surface area contributed by atoms with Crippen LogP contribution in [0, 0.1) is 19.8 Å². The van der Waals surface area contributed by atoms with Crippen molar-refractivity contribution in [2.45, 2.75) is 44.4 Å². The number of aromatic nitrogens is 1. The summed E-state index contributed by atoms with van der Waals surface area (Å²) in [6.07, 6.45) is 4.05. The van der Waals surface area contributed by atoms with E-state index in [0.29, 0.717) is 10.7 Å². The molecule has 8 heteroatoms. The van der Waals surface area contributed by atoms with Gasteiger partial charge in [0.1, 0.15) is 0 Å². The van der Waals surface area contributed by atoms with Crippen LogP contribution in [-0.4, -0.2) is 19.3 Å². The number of hydrogen-bond donors (Lipinski definition) is 2. The summed E-state index contributed by atoms with van der Waals surface area (Å²) in [7, 11) is -3.79. The number of carbonyl (C=O) groups is 1. The molecule has 1 aromatic carbocycles. The van der Waals surface area contributed by atoms with Crippen LogP contribution in [0.25, 0.3) is 10.4 Å². The first-order valence-corrected chi connectivity index (χ1v) is 10.5. The van der Waals surface area contributed by atoms with Gasteiger partial charge in [0.15, 0.2) is 5.13 Å². The second-order valence-electron chi connectivity index (χ2n) is 6.43. The summed E-state index contributed by atoms with van der Waals surface area (Å²) in [5.41, 5.74) is 2.07. The predicted molar refractivity (Wildman–Crippen MR) is 99.0 cm³/mol. The smallest absolute Gasteiger partial charge is 0.238 e. The summed E-state index contributed by atoms with van der Waals surface area (Å²) >= 11 is 1.35. The van der Waals surface area contributed by atoms with Gasteiger partial charge >= 0.3 is 0 Å². The van der Waals surface area contributed by atoms with Crippen LogP contribution in [-0.2, 0) is 14.8 Å². The molecule has 1 heterocycles. The minimum atomic E-state index is -3.79. The van der Waals surface area contributed by atoms with Crippen LogP contribution in [0.1, 0.15) is 36.9 Å². The zero-order chi connectivity index (χ0) is 18.2. The number of hydrogen-bond acceptors (Lipinski definition) is 5. The van der Waals surface area contributed by atoms with E-state index in [0.717, 1.165) is 41.8 Å². The summed E-state index contributed by atoms with van der Waals surface area (Å²) < 4.78 is 23.5. The van der Waals surface area contributed by atoms with E-state index in [9.17, 15) is 13.2 Å². The highest BCUT2D eigenvalue weighted by Crippen LogP contribution is 2.35. The molecule has 0 saturated heterocycles. The van der Waals surface area contributed by atoms with Crippen molar-refractivity contribution in [3.63, 3.8) is 0 Å². The third-order valence-corrected chi connectivity index (χ3v) is 6.68. The Morgan fingerprint density at radius 2 is 1.96 bits per heavy atom. The lowest BCUT2D eigenvalue weighted by atomic mass is 10.1. The first-order valence-electron chi connectivity index (χ1n) is 8.18. The number of aryl methyl sites for hydroxylation is 2. The highest BCUT2D eigenvalue weighted by atomic mass is 32.2. The van der Waals surface area contributed by atoms with Crippen LogP contribution in [0.5, 0.6) is 0 Å². The highest BCUT2D eigenvalue weighted by Gasteiger charge is 2.24. The van der Waals surface area contributed by atoms with Gasteiger partial charge in [-0.1, -0.05) is 36.3 Å². The molecular formula is C17H21N3O3S2. The average Bonchev–Trinajstić information content (AvgIpc) is 3.16. The molecule has 1 amide bonds. The standard InChI is InChI=1S/C17H21N3O3S2/c1-10-7-8-13(9-14(10)25(18,22)23)15-11(2)19-17(24-15)20-16(21)12-5-3-4-6-12/h7-9,12H,3-6H2,1-2H3,(H2,18,22,23)(H,19,20,21). The molecule has 0 atom stereocenters. The van der Waals surface area contributed by atoms with Crippen LogP contribution < -0.4 is 10.5 Å². The molecule has 1 fully saturated rings. The number of amides is 1. The lowest BCUT2D eigenvalue weighted by Gasteiger charge is -2.07. The molecule has 0 radical (unpaired) electrons. The fourth-order valence-electron chi connectivity index (χ4n) is 3.16. The Balaban J connectivity index is 1.89. The molecule has 1 aliphatic rings. The van der Waals surface area contributed by atoms with Crippen molar-refractivity contribution in [2.24, 2.45) is 11.1 Å². The van der Waals surface area contributed by atoms with E-state index in [1.54, 1.807) is 19.1 Å². The molecule has 0 aliphatic heterocycles. The van der Waals surface area contributed by atoms with Gasteiger partial charge in [-0.15, -0.1) is 0 Å². The van der Waals surface area contributed by atoms with E-state index in [-0.39, 0.29) is 16.7 Å².